The van der Waals surface area contributed by atoms with E-state index in [1.807, 2.05) is 0 Å². The number of carbonyl (C=O) groups is 2. The number of amides is 1. The first-order valence-corrected chi connectivity index (χ1v) is 2.87. The molecule has 0 aliphatic heterocycles. The average molecular weight is 163 g/mol. The molecule has 0 saturated carbocycles. The number of hydrogen-bond acceptors (Lipinski definition) is 4. The number of carboxylic acids is 1. The number of nitrogens with zero attached hydrogens (tertiary/aromatic N) is 1. The van der Waals surface area contributed by atoms with Crippen molar-refractivity contribution in [3.8, 4) is 0 Å². The van der Waals surface area contributed by atoms with E-state index in [0.717, 1.165) is 7.11 Å². The van der Waals surface area contributed by atoms with E-state index in [-0.39, 0.29) is 6.61 Å². The smallest absolute Gasteiger partial charge is 0.399 e. The van der Waals surface area contributed by atoms with Crippen LogP contribution in [0, 0.1) is 0 Å². The number of rotatable bonds is 3. The Kier molecular flexibility index (Phi) is 4.16. The first kappa shape index (κ1) is 9.86. The molecular formula is C5H9NO5. The molecule has 64 valence electrons. The van der Waals surface area contributed by atoms with Gasteiger partial charge in [0.2, 0.25) is 0 Å². The van der Waals surface area contributed by atoms with Crippen molar-refractivity contribution in [2.75, 3.05) is 13.7 Å². The lowest BCUT2D eigenvalue weighted by molar-refractivity contribution is -0.326. The molecule has 0 spiro atoms. The van der Waals surface area contributed by atoms with E-state index >= 15 is 0 Å². The third kappa shape index (κ3) is 2.96. The van der Waals surface area contributed by atoms with Gasteiger partial charge in [0.15, 0.2) is 0 Å². The molecule has 0 rings (SSSR count). The van der Waals surface area contributed by atoms with Gasteiger partial charge in [-0.15, -0.1) is 0 Å². The summed E-state index contributed by atoms with van der Waals surface area (Å²) in [4.78, 5) is 29.4. The number of carbonyl (C=O) groups excluding carboxylic acids is 1. The minimum absolute atomic E-state index is 0.160. The molecule has 6 nitrogen and oxygen atoms in total. The van der Waals surface area contributed by atoms with Gasteiger partial charge in [-0.2, -0.15) is 0 Å². The summed E-state index contributed by atoms with van der Waals surface area (Å²) in [5.74, 6) is -2.88. The Balaban J connectivity index is 4.02. The number of hydrogen-bond donors (Lipinski definition) is 1. The Morgan fingerprint density at radius 1 is 1.55 bits per heavy atom. The van der Waals surface area contributed by atoms with E-state index in [9.17, 15) is 9.59 Å². The van der Waals surface area contributed by atoms with Crippen molar-refractivity contribution in [3.63, 3.8) is 0 Å². The fourth-order valence-corrected chi connectivity index (χ4v) is 0.390. The van der Waals surface area contributed by atoms with Gasteiger partial charge in [0.05, 0.1) is 13.7 Å². The van der Waals surface area contributed by atoms with Crippen LogP contribution in [0.2, 0.25) is 0 Å². The summed E-state index contributed by atoms with van der Waals surface area (Å²) < 4.78 is 0. The molecule has 0 aliphatic rings. The fourth-order valence-electron chi connectivity index (χ4n) is 0.390. The second-order valence-electron chi connectivity index (χ2n) is 1.47. The fraction of sp³-hybridized carbons (Fsp3) is 0.600. The first-order chi connectivity index (χ1) is 5.13. The maximum absolute atomic E-state index is 10.5. The van der Waals surface area contributed by atoms with Crippen LogP contribution in [-0.2, 0) is 19.3 Å². The quantitative estimate of drug-likeness (QED) is 0.444. The lowest BCUT2D eigenvalue weighted by Crippen LogP contribution is -2.35. The van der Waals surface area contributed by atoms with Gasteiger partial charge in [0, 0.05) is 0 Å². The van der Waals surface area contributed by atoms with E-state index in [0.29, 0.717) is 5.23 Å². The molecule has 0 aromatic carbocycles. The van der Waals surface area contributed by atoms with Crippen LogP contribution >= 0.6 is 0 Å². The van der Waals surface area contributed by atoms with Crippen LogP contribution in [0.1, 0.15) is 6.92 Å². The molecule has 1 amide bonds. The van der Waals surface area contributed by atoms with Crippen LogP contribution in [0.25, 0.3) is 0 Å². The van der Waals surface area contributed by atoms with Crippen molar-refractivity contribution >= 4 is 11.9 Å². The van der Waals surface area contributed by atoms with E-state index in [1.165, 1.54) is 0 Å². The zero-order chi connectivity index (χ0) is 8.85. The number of aliphatic carboxylic acids is 1. The van der Waals surface area contributed by atoms with Crippen LogP contribution in [0.4, 0.5) is 0 Å². The molecule has 1 N–H and O–H groups in total. The molecule has 0 unspecified atom stereocenters. The van der Waals surface area contributed by atoms with E-state index in [2.05, 4.69) is 9.68 Å². The normalized spacial score (nSPS) is 9.27. The lowest BCUT2D eigenvalue weighted by atomic mass is 10.6. The summed E-state index contributed by atoms with van der Waals surface area (Å²) in [7, 11) is 1.14. The molecule has 0 bridgehead atoms. The molecule has 0 saturated heterocycles. The van der Waals surface area contributed by atoms with Crippen molar-refractivity contribution in [2.45, 2.75) is 6.92 Å². The predicted molar refractivity (Wildman–Crippen MR) is 33.1 cm³/mol. The Hall–Kier alpha value is -1.14. The zero-order valence-electron chi connectivity index (χ0n) is 6.23. The van der Waals surface area contributed by atoms with Crippen molar-refractivity contribution in [2.24, 2.45) is 0 Å². The van der Waals surface area contributed by atoms with Gasteiger partial charge in [-0.25, -0.2) is 14.5 Å². The van der Waals surface area contributed by atoms with Gasteiger partial charge in [0.1, 0.15) is 0 Å². The summed E-state index contributed by atoms with van der Waals surface area (Å²) in [6.45, 7) is 1.76. The second kappa shape index (κ2) is 4.64. The monoisotopic (exact) mass is 163 g/mol. The summed E-state index contributed by atoms with van der Waals surface area (Å²) in [5, 5.41) is 8.47. The zero-order valence-corrected chi connectivity index (χ0v) is 6.23. The Morgan fingerprint density at radius 2 is 2.09 bits per heavy atom. The minimum atomic E-state index is -1.62. The molecule has 11 heavy (non-hydrogen) atoms. The van der Waals surface area contributed by atoms with Crippen molar-refractivity contribution < 1.29 is 24.4 Å². The van der Waals surface area contributed by atoms with Crippen LogP contribution in [0.3, 0.4) is 0 Å². The molecular weight excluding hydrogens is 154 g/mol. The maximum Gasteiger partial charge on any atom is 0.399 e. The first-order valence-electron chi connectivity index (χ1n) is 2.87. The van der Waals surface area contributed by atoms with Gasteiger partial charge in [0.25, 0.3) is 0 Å². The summed E-state index contributed by atoms with van der Waals surface area (Å²) >= 11 is 0. The maximum atomic E-state index is 10.5. The van der Waals surface area contributed by atoms with Gasteiger partial charge >= 0.3 is 11.9 Å². The average Bonchev–Trinajstić information content (AvgIpc) is 1.98. The Bertz CT molecular complexity index is 157. The predicted octanol–water partition coefficient (Wildman–Crippen LogP) is -0.587. The minimum Gasteiger partial charge on any atom is -0.474 e. The van der Waals surface area contributed by atoms with E-state index in [4.69, 9.17) is 5.11 Å². The highest BCUT2D eigenvalue weighted by Crippen LogP contribution is 1.91. The molecule has 0 heterocycles. The van der Waals surface area contributed by atoms with E-state index in [1.54, 1.807) is 6.92 Å². The topological polar surface area (TPSA) is 76.1 Å². The van der Waals surface area contributed by atoms with Gasteiger partial charge in [-0.05, 0) is 6.92 Å². The highest BCUT2D eigenvalue weighted by atomic mass is 16.9. The number of hydroxylamine groups is 2. The largest absolute Gasteiger partial charge is 0.474 e. The van der Waals surface area contributed by atoms with Crippen LogP contribution < -0.4 is 0 Å². The second-order valence-corrected chi connectivity index (χ2v) is 1.47. The van der Waals surface area contributed by atoms with Gasteiger partial charge in [-0.1, -0.05) is 5.23 Å². The van der Waals surface area contributed by atoms with Gasteiger partial charge < -0.3 is 5.11 Å². The molecule has 0 atom stereocenters. The molecule has 0 fully saturated rings. The number of carboxylic acid groups (broad SMARTS) is 1. The molecule has 0 aliphatic carbocycles. The lowest BCUT2D eigenvalue weighted by Gasteiger charge is -2.14. The molecule has 0 aromatic rings. The van der Waals surface area contributed by atoms with Crippen molar-refractivity contribution in [3.05, 3.63) is 0 Å². The Morgan fingerprint density at radius 3 is 2.36 bits per heavy atom. The van der Waals surface area contributed by atoms with Crippen molar-refractivity contribution in [1.29, 1.82) is 0 Å². The van der Waals surface area contributed by atoms with Crippen LogP contribution in [0.5, 0.6) is 0 Å². The highest BCUT2D eigenvalue weighted by molar-refractivity contribution is 6.30. The SMILES string of the molecule is CCON(OC)C(=O)C(=O)O. The highest BCUT2D eigenvalue weighted by Gasteiger charge is 2.21. The van der Waals surface area contributed by atoms with E-state index < -0.39 is 11.9 Å². The van der Waals surface area contributed by atoms with Crippen LogP contribution in [-0.4, -0.2) is 35.9 Å². The molecule has 0 aromatic heterocycles. The third-order valence-corrected chi connectivity index (χ3v) is 0.761. The summed E-state index contributed by atoms with van der Waals surface area (Å²) in [5.41, 5.74) is 0. The summed E-state index contributed by atoms with van der Waals surface area (Å²) in [6, 6.07) is 0. The van der Waals surface area contributed by atoms with Crippen LogP contribution in [0.15, 0.2) is 0 Å². The third-order valence-electron chi connectivity index (χ3n) is 0.761. The van der Waals surface area contributed by atoms with Crippen molar-refractivity contribution in [1.82, 2.24) is 5.23 Å². The van der Waals surface area contributed by atoms with Gasteiger partial charge in [-0.3, -0.25) is 4.79 Å². The Labute approximate surface area is 63.2 Å². The standard InChI is InChI=1S/C5H9NO5/c1-3-11-6(10-2)4(7)5(8)9/h3H2,1-2H3,(H,8,9). The molecule has 0 radical (unpaired) electrons. The summed E-state index contributed by atoms with van der Waals surface area (Å²) in [6.07, 6.45) is 0. The molecule has 6 heteroatoms.